The van der Waals surface area contributed by atoms with Crippen LogP contribution in [0.5, 0.6) is 0 Å². The molecule has 0 aliphatic heterocycles. The van der Waals surface area contributed by atoms with Gasteiger partial charge in [-0.05, 0) is 35.1 Å². The van der Waals surface area contributed by atoms with Crippen molar-refractivity contribution in [2.24, 2.45) is 0 Å². The Balaban J connectivity index is 1.48. The number of alkyl carbamates (subject to hydrolysis) is 1. The summed E-state index contributed by atoms with van der Waals surface area (Å²) in [5.41, 5.74) is 4.94. The maximum absolute atomic E-state index is 12.0. The molecule has 0 spiro atoms. The van der Waals surface area contributed by atoms with Crippen molar-refractivity contribution in [1.29, 1.82) is 0 Å². The number of hydrogen-bond donors (Lipinski definition) is 1. The first-order chi connectivity index (χ1) is 12.8. The number of terminal acetylenes is 1. The number of benzene rings is 2. The highest BCUT2D eigenvalue weighted by Crippen LogP contribution is 2.44. The first-order valence-corrected chi connectivity index (χ1v) is 9.33. The van der Waals surface area contributed by atoms with E-state index in [0.29, 0.717) is 13.2 Å². The summed E-state index contributed by atoms with van der Waals surface area (Å²) in [5.74, 6) is 2.75. The molecule has 134 valence electrons. The van der Waals surface area contributed by atoms with E-state index < -0.39 is 0 Å². The number of hydrogen-bond acceptors (Lipinski definition) is 2. The van der Waals surface area contributed by atoms with E-state index in [1.165, 1.54) is 22.3 Å². The largest absolute Gasteiger partial charge is 0.449 e. The number of carbonyl (C=O) groups excluding carboxylic acids is 1. The third-order valence-electron chi connectivity index (χ3n) is 4.86. The molecule has 0 heterocycles. The molecule has 26 heavy (non-hydrogen) atoms. The fraction of sp³-hybridized carbons (Fsp3) is 0.348. The summed E-state index contributed by atoms with van der Waals surface area (Å²) in [5, 5.41) is 2.84. The molecule has 1 aliphatic rings. The molecule has 0 saturated heterocycles. The molecule has 2 aromatic rings. The standard InChI is InChI=1S/C23H25NO2/c1-2-3-4-5-6-11-16-24-23(25)26-17-22-20-14-9-7-12-18(20)19-13-8-10-15-21(19)22/h1,7-10,12-15,22H,3-6,11,16-17H2,(H,24,25). The summed E-state index contributed by atoms with van der Waals surface area (Å²) in [4.78, 5) is 12.0. The number of unbranched alkanes of at least 4 members (excludes halogenated alkanes) is 4. The van der Waals surface area contributed by atoms with Crippen LogP contribution in [0.4, 0.5) is 4.79 Å². The van der Waals surface area contributed by atoms with Crippen LogP contribution in [-0.2, 0) is 4.74 Å². The molecule has 0 unspecified atom stereocenters. The molecule has 0 bridgehead atoms. The van der Waals surface area contributed by atoms with E-state index in [1.807, 2.05) is 12.1 Å². The Morgan fingerprint density at radius 2 is 1.58 bits per heavy atom. The van der Waals surface area contributed by atoms with Gasteiger partial charge < -0.3 is 10.1 Å². The number of nitrogens with one attached hydrogen (secondary N) is 1. The highest BCUT2D eigenvalue weighted by atomic mass is 16.5. The van der Waals surface area contributed by atoms with Gasteiger partial charge in [-0.2, -0.15) is 0 Å². The van der Waals surface area contributed by atoms with Gasteiger partial charge in [-0.25, -0.2) is 4.79 Å². The van der Waals surface area contributed by atoms with E-state index in [9.17, 15) is 4.79 Å². The molecule has 1 amide bonds. The third kappa shape index (κ3) is 4.26. The molecule has 3 rings (SSSR count). The van der Waals surface area contributed by atoms with Crippen molar-refractivity contribution in [3.05, 3.63) is 59.7 Å². The lowest BCUT2D eigenvalue weighted by atomic mass is 9.98. The van der Waals surface area contributed by atoms with Gasteiger partial charge in [0, 0.05) is 18.9 Å². The molecule has 1 aliphatic carbocycles. The summed E-state index contributed by atoms with van der Waals surface area (Å²) in [6.07, 6.45) is 9.92. The third-order valence-corrected chi connectivity index (χ3v) is 4.86. The van der Waals surface area contributed by atoms with Crippen LogP contribution in [0.2, 0.25) is 0 Å². The summed E-state index contributed by atoms with van der Waals surface area (Å²) < 4.78 is 5.51. The fourth-order valence-electron chi connectivity index (χ4n) is 3.55. The smallest absolute Gasteiger partial charge is 0.407 e. The molecular formula is C23H25NO2. The molecular weight excluding hydrogens is 322 g/mol. The molecule has 3 heteroatoms. The average molecular weight is 347 g/mol. The molecule has 0 saturated carbocycles. The van der Waals surface area contributed by atoms with Crippen LogP contribution < -0.4 is 5.32 Å². The number of rotatable bonds is 8. The Kier molecular flexibility index (Phi) is 6.33. The van der Waals surface area contributed by atoms with Crippen LogP contribution in [0.3, 0.4) is 0 Å². The Morgan fingerprint density at radius 1 is 0.962 bits per heavy atom. The first kappa shape index (κ1) is 18.1. The quantitative estimate of drug-likeness (QED) is 0.532. The zero-order valence-corrected chi connectivity index (χ0v) is 15.0. The van der Waals surface area contributed by atoms with E-state index in [1.54, 1.807) is 0 Å². The van der Waals surface area contributed by atoms with Crippen LogP contribution in [0.25, 0.3) is 11.1 Å². The van der Waals surface area contributed by atoms with Gasteiger partial charge in [0.1, 0.15) is 6.61 Å². The molecule has 0 aromatic heterocycles. The highest BCUT2D eigenvalue weighted by Gasteiger charge is 2.28. The van der Waals surface area contributed by atoms with Crippen LogP contribution in [-0.4, -0.2) is 19.2 Å². The van der Waals surface area contributed by atoms with Crippen molar-refractivity contribution in [3.63, 3.8) is 0 Å². The van der Waals surface area contributed by atoms with E-state index in [4.69, 9.17) is 11.2 Å². The highest BCUT2D eigenvalue weighted by molar-refractivity contribution is 5.79. The van der Waals surface area contributed by atoms with Crippen molar-refractivity contribution in [1.82, 2.24) is 5.32 Å². The van der Waals surface area contributed by atoms with Crippen molar-refractivity contribution >= 4 is 6.09 Å². The maximum Gasteiger partial charge on any atom is 0.407 e. The molecule has 3 nitrogen and oxygen atoms in total. The number of carbonyl (C=O) groups is 1. The van der Waals surface area contributed by atoms with Gasteiger partial charge in [0.15, 0.2) is 0 Å². The normalized spacial score (nSPS) is 12.1. The maximum atomic E-state index is 12.0. The zero-order valence-electron chi connectivity index (χ0n) is 15.0. The summed E-state index contributed by atoms with van der Waals surface area (Å²) in [6, 6.07) is 16.7. The van der Waals surface area contributed by atoms with Crippen molar-refractivity contribution in [2.45, 2.75) is 38.0 Å². The monoisotopic (exact) mass is 347 g/mol. The Hall–Kier alpha value is -2.73. The van der Waals surface area contributed by atoms with Crippen molar-refractivity contribution in [2.75, 3.05) is 13.2 Å². The SMILES string of the molecule is C#CCCCCCCNC(=O)OCC1c2ccccc2-c2ccccc21. The minimum Gasteiger partial charge on any atom is -0.449 e. The van der Waals surface area contributed by atoms with E-state index >= 15 is 0 Å². The number of ether oxygens (including phenoxy) is 1. The number of fused-ring (bicyclic) bond motifs is 3. The lowest BCUT2D eigenvalue weighted by Crippen LogP contribution is -2.27. The lowest BCUT2D eigenvalue weighted by molar-refractivity contribution is 0.143. The van der Waals surface area contributed by atoms with Crippen LogP contribution in [0.1, 0.15) is 49.1 Å². The van der Waals surface area contributed by atoms with E-state index in [2.05, 4.69) is 47.6 Å². The lowest BCUT2D eigenvalue weighted by Gasteiger charge is -2.14. The zero-order chi connectivity index (χ0) is 18.2. The summed E-state index contributed by atoms with van der Waals surface area (Å²) in [6.45, 7) is 1.01. The predicted octanol–water partition coefficient (Wildman–Crippen LogP) is 5.11. The molecule has 1 N–H and O–H groups in total. The predicted molar refractivity (Wildman–Crippen MR) is 105 cm³/mol. The Bertz CT molecular complexity index is 745. The van der Waals surface area contributed by atoms with Gasteiger partial charge in [-0.3, -0.25) is 0 Å². The van der Waals surface area contributed by atoms with Crippen molar-refractivity contribution in [3.8, 4) is 23.5 Å². The summed E-state index contributed by atoms with van der Waals surface area (Å²) >= 11 is 0. The first-order valence-electron chi connectivity index (χ1n) is 9.33. The van der Waals surface area contributed by atoms with Crippen LogP contribution >= 0.6 is 0 Å². The van der Waals surface area contributed by atoms with Gasteiger partial charge in [0.2, 0.25) is 0 Å². The Morgan fingerprint density at radius 3 is 2.23 bits per heavy atom. The molecule has 0 atom stereocenters. The topological polar surface area (TPSA) is 38.3 Å². The van der Waals surface area contributed by atoms with Gasteiger partial charge >= 0.3 is 6.09 Å². The molecule has 0 fully saturated rings. The van der Waals surface area contributed by atoms with E-state index in [0.717, 1.165) is 32.1 Å². The fourth-order valence-corrected chi connectivity index (χ4v) is 3.55. The molecule has 2 aromatic carbocycles. The van der Waals surface area contributed by atoms with Gasteiger partial charge in [-0.1, -0.05) is 61.4 Å². The van der Waals surface area contributed by atoms with Gasteiger partial charge in [0.25, 0.3) is 0 Å². The van der Waals surface area contributed by atoms with Crippen LogP contribution in [0.15, 0.2) is 48.5 Å². The van der Waals surface area contributed by atoms with Crippen LogP contribution in [0, 0.1) is 12.3 Å². The van der Waals surface area contributed by atoms with E-state index in [-0.39, 0.29) is 12.0 Å². The second-order valence-electron chi connectivity index (χ2n) is 6.62. The second-order valence-corrected chi connectivity index (χ2v) is 6.62. The molecule has 0 radical (unpaired) electrons. The van der Waals surface area contributed by atoms with Crippen molar-refractivity contribution < 1.29 is 9.53 Å². The average Bonchev–Trinajstić information content (AvgIpc) is 3.00. The minimum absolute atomic E-state index is 0.108. The summed E-state index contributed by atoms with van der Waals surface area (Å²) in [7, 11) is 0. The number of amides is 1. The van der Waals surface area contributed by atoms with Gasteiger partial charge in [0.05, 0.1) is 0 Å². The Labute approximate surface area is 155 Å². The van der Waals surface area contributed by atoms with Gasteiger partial charge in [-0.15, -0.1) is 12.3 Å². The second kappa shape index (κ2) is 9.10. The minimum atomic E-state index is -0.338.